The van der Waals surface area contributed by atoms with Crippen LogP contribution in [-0.2, 0) is 9.59 Å². The summed E-state index contributed by atoms with van der Waals surface area (Å²) >= 11 is 3.47. The van der Waals surface area contributed by atoms with Crippen molar-refractivity contribution < 1.29 is 9.59 Å². The van der Waals surface area contributed by atoms with E-state index in [1.165, 1.54) is 0 Å². The van der Waals surface area contributed by atoms with Gasteiger partial charge in [0.2, 0.25) is 11.8 Å². The summed E-state index contributed by atoms with van der Waals surface area (Å²) in [6.07, 6.45) is 1.70. The Morgan fingerprint density at radius 2 is 2.21 bits per heavy atom. The van der Waals surface area contributed by atoms with Crippen molar-refractivity contribution in [2.24, 2.45) is 5.73 Å². The quantitative estimate of drug-likeness (QED) is 0.867. The summed E-state index contributed by atoms with van der Waals surface area (Å²) in [5.41, 5.74) is 7.36. The average molecular weight is 325 g/mol. The van der Waals surface area contributed by atoms with E-state index in [1.54, 1.807) is 4.90 Å². The van der Waals surface area contributed by atoms with Crippen molar-refractivity contribution in [1.82, 2.24) is 4.90 Å². The number of amides is 2. The lowest BCUT2D eigenvalue weighted by Crippen LogP contribution is -2.33. The summed E-state index contributed by atoms with van der Waals surface area (Å²) in [5, 5.41) is 0. The first-order valence-electron chi connectivity index (χ1n) is 6.33. The summed E-state index contributed by atoms with van der Waals surface area (Å²) in [7, 11) is 0. The number of rotatable bonds is 3. The summed E-state index contributed by atoms with van der Waals surface area (Å²) in [6, 6.07) is 6.18. The maximum absolute atomic E-state index is 12.0. The predicted octanol–water partition coefficient (Wildman–Crippen LogP) is 2.30. The predicted molar refractivity (Wildman–Crippen MR) is 76.4 cm³/mol. The van der Waals surface area contributed by atoms with Gasteiger partial charge in [-0.15, -0.1) is 0 Å². The second-order valence-corrected chi connectivity index (χ2v) is 5.75. The zero-order chi connectivity index (χ0) is 14.0. The SMILES string of the molecule is Cc1cc([C@H]2CCCN2C(=O)CC(N)=O)ccc1Br. The Morgan fingerprint density at radius 3 is 2.84 bits per heavy atom. The van der Waals surface area contributed by atoms with E-state index in [2.05, 4.69) is 22.0 Å². The van der Waals surface area contributed by atoms with Crippen molar-refractivity contribution in [2.45, 2.75) is 32.2 Å². The Kier molecular flexibility index (Phi) is 4.24. The van der Waals surface area contributed by atoms with Crippen LogP contribution in [0.2, 0.25) is 0 Å². The lowest BCUT2D eigenvalue weighted by Gasteiger charge is -2.25. The normalized spacial score (nSPS) is 18.6. The zero-order valence-corrected chi connectivity index (χ0v) is 12.4. The van der Waals surface area contributed by atoms with Gasteiger partial charge < -0.3 is 10.6 Å². The number of hydrogen-bond donors (Lipinski definition) is 1. The number of primary amides is 1. The van der Waals surface area contributed by atoms with E-state index in [0.29, 0.717) is 6.54 Å². The molecule has 1 heterocycles. The Labute approximate surface area is 121 Å². The fourth-order valence-corrected chi connectivity index (χ4v) is 2.78. The number of hydrogen-bond acceptors (Lipinski definition) is 2. The number of aryl methyl sites for hydroxylation is 1. The standard InChI is InChI=1S/C14H17BrN2O2/c1-9-7-10(4-5-11(9)15)12-3-2-6-17(12)14(19)8-13(16)18/h4-5,7,12H,2-3,6,8H2,1H3,(H2,16,18)/t12-/m1/s1. The number of benzene rings is 1. The molecule has 19 heavy (non-hydrogen) atoms. The molecule has 0 aliphatic carbocycles. The summed E-state index contributed by atoms with van der Waals surface area (Å²) in [5.74, 6) is -0.738. The molecular formula is C14H17BrN2O2. The Balaban J connectivity index is 2.20. The molecule has 2 N–H and O–H groups in total. The van der Waals surface area contributed by atoms with E-state index in [0.717, 1.165) is 28.4 Å². The van der Waals surface area contributed by atoms with Gasteiger partial charge in [-0.25, -0.2) is 0 Å². The van der Waals surface area contributed by atoms with Crippen LogP contribution in [0.25, 0.3) is 0 Å². The summed E-state index contributed by atoms with van der Waals surface area (Å²) < 4.78 is 1.06. The van der Waals surface area contributed by atoms with Gasteiger partial charge >= 0.3 is 0 Å². The fraction of sp³-hybridized carbons (Fsp3) is 0.429. The molecule has 1 aliphatic heterocycles. The first kappa shape index (κ1) is 14.1. The molecule has 1 aromatic rings. The molecule has 0 saturated carbocycles. The number of likely N-dealkylation sites (tertiary alicyclic amines) is 1. The molecule has 1 aliphatic rings. The molecule has 1 aromatic carbocycles. The van der Waals surface area contributed by atoms with E-state index in [1.807, 2.05) is 19.1 Å². The first-order chi connectivity index (χ1) is 8.99. The zero-order valence-electron chi connectivity index (χ0n) is 10.9. The highest BCUT2D eigenvalue weighted by Gasteiger charge is 2.30. The molecule has 2 amide bonds. The highest BCUT2D eigenvalue weighted by atomic mass is 79.9. The molecule has 0 radical (unpaired) electrons. The van der Waals surface area contributed by atoms with Crippen molar-refractivity contribution in [3.63, 3.8) is 0 Å². The van der Waals surface area contributed by atoms with Gasteiger partial charge in [-0.1, -0.05) is 28.1 Å². The minimum atomic E-state index is -0.567. The molecule has 0 bridgehead atoms. The summed E-state index contributed by atoms with van der Waals surface area (Å²) in [4.78, 5) is 24.7. The van der Waals surface area contributed by atoms with Gasteiger partial charge in [0.25, 0.3) is 0 Å². The molecule has 102 valence electrons. The second-order valence-electron chi connectivity index (χ2n) is 4.90. The topological polar surface area (TPSA) is 63.4 Å². The fourth-order valence-electron chi connectivity index (χ4n) is 2.54. The monoisotopic (exact) mass is 324 g/mol. The van der Waals surface area contributed by atoms with Crippen molar-refractivity contribution >= 4 is 27.7 Å². The third kappa shape index (κ3) is 3.15. The Bertz CT molecular complexity index is 516. The van der Waals surface area contributed by atoms with Gasteiger partial charge in [0.05, 0.1) is 6.04 Å². The molecule has 0 spiro atoms. The third-order valence-electron chi connectivity index (χ3n) is 3.47. The molecule has 1 atom stereocenters. The van der Waals surface area contributed by atoms with Gasteiger partial charge in [0.1, 0.15) is 6.42 Å². The van der Waals surface area contributed by atoms with Gasteiger partial charge in [-0.3, -0.25) is 9.59 Å². The lowest BCUT2D eigenvalue weighted by atomic mass is 10.0. The van der Waals surface area contributed by atoms with Crippen LogP contribution < -0.4 is 5.73 Å². The number of nitrogens with zero attached hydrogens (tertiary/aromatic N) is 1. The van der Waals surface area contributed by atoms with Crippen LogP contribution in [0.15, 0.2) is 22.7 Å². The maximum atomic E-state index is 12.0. The van der Waals surface area contributed by atoms with Crippen LogP contribution in [0.3, 0.4) is 0 Å². The smallest absolute Gasteiger partial charge is 0.232 e. The highest BCUT2D eigenvalue weighted by Crippen LogP contribution is 2.33. The molecule has 0 unspecified atom stereocenters. The van der Waals surface area contributed by atoms with E-state index in [4.69, 9.17) is 5.73 Å². The molecule has 2 rings (SSSR count). The third-order valence-corrected chi connectivity index (χ3v) is 4.36. The summed E-state index contributed by atoms with van der Waals surface area (Å²) in [6.45, 7) is 2.73. The highest BCUT2D eigenvalue weighted by molar-refractivity contribution is 9.10. The Hall–Kier alpha value is -1.36. The van der Waals surface area contributed by atoms with Gasteiger partial charge in [-0.2, -0.15) is 0 Å². The van der Waals surface area contributed by atoms with Gasteiger partial charge in [0, 0.05) is 11.0 Å². The number of nitrogens with two attached hydrogens (primary N) is 1. The molecular weight excluding hydrogens is 308 g/mol. The molecule has 1 saturated heterocycles. The van der Waals surface area contributed by atoms with Crippen molar-refractivity contribution in [1.29, 1.82) is 0 Å². The number of carbonyl (C=O) groups is 2. The van der Waals surface area contributed by atoms with Crippen LogP contribution in [0, 0.1) is 6.92 Å². The average Bonchev–Trinajstić information content (AvgIpc) is 2.81. The largest absolute Gasteiger partial charge is 0.369 e. The van der Waals surface area contributed by atoms with Gasteiger partial charge in [-0.05, 0) is 37.0 Å². The van der Waals surface area contributed by atoms with Crippen LogP contribution >= 0.6 is 15.9 Å². The molecule has 1 fully saturated rings. The van der Waals surface area contributed by atoms with Crippen LogP contribution in [0.4, 0.5) is 0 Å². The van der Waals surface area contributed by atoms with Crippen LogP contribution in [0.5, 0.6) is 0 Å². The van der Waals surface area contributed by atoms with E-state index < -0.39 is 5.91 Å². The number of carbonyl (C=O) groups excluding carboxylic acids is 2. The Morgan fingerprint density at radius 1 is 1.47 bits per heavy atom. The van der Waals surface area contributed by atoms with Crippen molar-refractivity contribution in [3.05, 3.63) is 33.8 Å². The second kappa shape index (κ2) is 5.74. The minimum Gasteiger partial charge on any atom is -0.369 e. The maximum Gasteiger partial charge on any atom is 0.232 e. The van der Waals surface area contributed by atoms with E-state index in [-0.39, 0.29) is 18.4 Å². The van der Waals surface area contributed by atoms with E-state index >= 15 is 0 Å². The van der Waals surface area contributed by atoms with Crippen LogP contribution in [0.1, 0.15) is 36.4 Å². The first-order valence-corrected chi connectivity index (χ1v) is 7.12. The lowest BCUT2D eigenvalue weighted by molar-refractivity contribution is -0.135. The van der Waals surface area contributed by atoms with Crippen molar-refractivity contribution in [3.8, 4) is 0 Å². The van der Waals surface area contributed by atoms with Crippen LogP contribution in [-0.4, -0.2) is 23.3 Å². The van der Waals surface area contributed by atoms with Gasteiger partial charge in [0.15, 0.2) is 0 Å². The molecule has 4 nitrogen and oxygen atoms in total. The van der Waals surface area contributed by atoms with E-state index in [9.17, 15) is 9.59 Å². The molecule has 5 heteroatoms. The molecule has 0 aromatic heterocycles. The minimum absolute atomic E-state index is 0.0682. The van der Waals surface area contributed by atoms with Crippen molar-refractivity contribution in [2.75, 3.05) is 6.54 Å². The number of halogens is 1.